The SMILES string of the molecule is Cc1nc(OCCNC(=O)Cc2ccc([N+](=O)[O-])cc2)cc(N2CCCC2)n1. The van der Waals surface area contributed by atoms with Gasteiger partial charge in [0, 0.05) is 31.3 Å². The van der Waals surface area contributed by atoms with Crippen molar-refractivity contribution in [2.75, 3.05) is 31.1 Å². The Morgan fingerprint density at radius 1 is 1.25 bits per heavy atom. The maximum Gasteiger partial charge on any atom is 0.269 e. The minimum absolute atomic E-state index is 0.00556. The lowest BCUT2D eigenvalue weighted by Crippen LogP contribution is -2.29. The Labute approximate surface area is 162 Å². The molecule has 1 aliphatic heterocycles. The summed E-state index contributed by atoms with van der Waals surface area (Å²) in [7, 11) is 0. The predicted molar refractivity (Wildman–Crippen MR) is 104 cm³/mol. The number of anilines is 1. The number of hydrogen-bond acceptors (Lipinski definition) is 7. The molecule has 1 aromatic carbocycles. The van der Waals surface area contributed by atoms with Gasteiger partial charge in [0.15, 0.2) is 0 Å². The first-order chi connectivity index (χ1) is 13.5. The lowest BCUT2D eigenvalue weighted by Gasteiger charge is -2.17. The Morgan fingerprint density at radius 3 is 2.64 bits per heavy atom. The molecule has 1 N–H and O–H groups in total. The van der Waals surface area contributed by atoms with Crippen molar-refractivity contribution in [1.82, 2.24) is 15.3 Å². The van der Waals surface area contributed by atoms with E-state index < -0.39 is 4.92 Å². The minimum atomic E-state index is -0.467. The molecule has 2 aromatic rings. The Balaban J connectivity index is 1.43. The van der Waals surface area contributed by atoms with E-state index in [1.807, 2.05) is 13.0 Å². The van der Waals surface area contributed by atoms with Crippen LogP contribution in [0.15, 0.2) is 30.3 Å². The molecule has 0 spiro atoms. The second-order valence-corrected chi connectivity index (χ2v) is 6.60. The molecule has 9 nitrogen and oxygen atoms in total. The first-order valence-corrected chi connectivity index (χ1v) is 9.25. The number of non-ortho nitro benzene ring substituents is 1. The zero-order chi connectivity index (χ0) is 19.9. The smallest absolute Gasteiger partial charge is 0.269 e. The van der Waals surface area contributed by atoms with E-state index in [1.54, 1.807) is 12.1 Å². The molecule has 1 fully saturated rings. The summed E-state index contributed by atoms with van der Waals surface area (Å²) in [6.45, 7) is 4.46. The molecular weight excluding hydrogens is 362 g/mol. The van der Waals surface area contributed by atoms with E-state index in [9.17, 15) is 14.9 Å². The van der Waals surface area contributed by atoms with Crippen LogP contribution >= 0.6 is 0 Å². The average Bonchev–Trinajstić information content (AvgIpc) is 3.20. The van der Waals surface area contributed by atoms with Gasteiger partial charge in [-0.05, 0) is 25.3 Å². The summed E-state index contributed by atoms with van der Waals surface area (Å²) in [6, 6.07) is 7.77. The molecule has 0 radical (unpaired) electrons. The molecule has 0 aliphatic carbocycles. The number of nitrogens with zero attached hydrogens (tertiary/aromatic N) is 4. The zero-order valence-corrected chi connectivity index (χ0v) is 15.8. The van der Waals surface area contributed by atoms with Crippen LogP contribution in [0.3, 0.4) is 0 Å². The van der Waals surface area contributed by atoms with E-state index in [0.29, 0.717) is 30.4 Å². The average molecular weight is 385 g/mol. The third kappa shape index (κ3) is 5.38. The van der Waals surface area contributed by atoms with E-state index >= 15 is 0 Å². The summed E-state index contributed by atoms with van der Waals surface area (Å²) >= 11 is 0. The van der Waals surface area contributed by atoms with Gasteiger partial charge in [0.25, 0.3) is 5.69 Å². The van der Waals surface area contributed by atoms with Crippen molar-refractivity contribution in [3.8, 4) is 5.88 Å². The number of nitro groups is 1. The number of nitrogens with one attached hydrogen (secondary N) is 1. The minimum Gasteiger partial charge on any atom is -0.476 e. The maximum absolute atomic E-state index is 12.0. The molecule has 2 heterocycles. The van der Waals surface area contributed by atoms with Gasteiger partial charge >= 0.3 is 0 Å². The molecular formula is C19H23N5O4. The monoisotopic (exact) mass is 385 g/mol. The van der Waals surface area contributed by atoms with Gasteiger partial charge in [-0.1, -0.05) is 12.1 Å². The van der Waals surface area contributed by atoms with Gasteiger partial charge < -0.3 is 15.0 Å². The van der Waals surface area contributed by atoms with Crippen LogP contribution in [0.5, 0.6) is 5.88 Å². The molecule has 3 rings (SSSR count). The van der Waals surface area contributed by atoms with Crippen molar-refractivity contribution in [3.05, 3.63) is 51.8 Å². The fourth-order valence-electron chi connectivity index (χ4n) is 3.04. The third-order valence-electron chi connectivity index (χ3n) is 4.42. The quantitative estimate of drug-likeness (QED) is 0.420. The molecule has 1 aliphatic rings. The van der Waals surface area contributed by atoms with Crippen LogP contribution in [0.25, 0.3) is 0 Å². The van der Waals surface area contributed by atoms with Gasteiger partial charge in [0.05, 0.1) is 17.9 Å². The molecule has 0 atom stereocenters. The van der Waals surface area contributed by atoms with E-state index in [1.165, 1.54) is 25.0 Å². The predicted octanol–water partition coefficient (Wildman–Crippen LogP) is 2.03. The van der Waals surface area contributed by atoms with Crippen LogP contribution in [0.1, 0.15) is 24.2 Å². The molecule has 1 saturated heterocycles. The van der Waals surface area contributed by atoms with Crippen LogP contribution < -0.4 is 15.0 Å². The summed E-state index contributed by atoms with van der Waals surface area (Å²) in [5.41, 5.74) is 0.719. The third-order valence-corrected chi connectivity index (χ3v) is 4.42. The highest BCUT2D eigenvalue weighted by Gasteiger charge is 2.15. The molecule has 0 bridgehead atoms. The largest absolute Gasteiger partial charge is 0.476 e. The van der Waals surface area contributed by atoms with E-state index in [4.69, 9.17) is 4.74 Å². The van der Waals surface area contributed by atoms with Crippen molar-refractivity contribution in [1.29, 1.82) is 0 Å². The van der Waals surface area contributed by atoms with Crippen LogP contribution in [-0.4, -0.2) is 47.0 Å². The molecule has 1 aromatic heterocycles. The molecule has 0 unspecified atom stereocenters. The normalized spacial score (nSPS) is 13.4. The van der Waals surface area contributed by atoms with E-state index in [2.05, 4.69) is 20.2 Å². The Kier molecular flexibility index (Phi) is 6.36. The Morgan fingerprint density at radius 2 is 1.96 bits per heavy atom. The Hall–Kier alpha value is -3.23. The molecule has 28 heavy (non-hydrogen) atoms. The first kappa shape index (κ1) is 19.5. The van der Waals surface area contributed by atoms with Crippen LogP contribution in [-0.2, 0) is 11.2 Å². The lowest BCUT2D eigenvalue weighted by atomic mass is 10.1. The number of carbonyl (C=O) groups is 1. The van der Waals surface area contributed by atoms with Gasteiger partial charge in [-0.2, -0.15) is 4.98 Å². The van der Waals surface area contributed by atoms with Gasteiger partial charge in [-0.3, -0.25) is 14.9 Å². The zero-order valence-electron chi connectivity index (χ0n) is 15.8. The maximum atomic E-state index is 12.0. The molecule has 1 amide bonds. The van der Waals surface area contributed by atoms with Crippen molar-refractivity contribution in [2.24, 2.45) is 0 Å². The molecule has 0 saturated carbocycles. The summed E-state index contributed by atoms with van der Waals surface area (Å²) in [5, 5.41) is 13.4. The van der Waals surface area contributed by atoms with Crippen molar-refractivity contribution >= 4 is 17.4 Å². The van der Waals surface area contributed by atoms with Crippen LogP contribution in [0.2, 0.25) is 0 Å². The summed E-state index contributed by atoms with van der Waals surface area (Å²) < 4.78 is 5.66. The standard InChI is InChI=1S/C19H23N5O4/c1-14-21-17(23-9-2-3-10-23)13-19(22-14)28-11-8-20-18(25)12-15-4-6-16(7-5-15)24(26)27/h4-7,13H,2-3,8-12H2,1H3,(H,20,25). The number of ether oxygens (including phenoxy) is 1. The number of hydrogen-bond donors (Lipinski definition) is 1. The second-order valence-electron chi connectivity index (χ2n) is 6.60. The van der Waals surface area contributed by atoms with Crippen LogP contribution in [0, 0.1) is 17.0 Å². The summed E-state index contributed by atoms with van der Waals surface area (Å²) in [6.07, 6.45) is 2.49. The molecule has 148 valence electrons. The number of amides is 1. The van der Waals surface area contributed by atoms with Gasteiger partial charge in [-0.15, -0.1) is 0 Å². The lowest BCUT2D eigenvalue weighted by molar-refractivity contribution is -0.384. The number of carbonyl (C=O) groups excluding carboxylic acids is 1. The highest BCUT2D eigenvalue weighted by atomic mass is 16.6. The fourth-order valence-corrected chi connectivity index (χ4v) is 3.04. The van der Waals surface area contributed by atoms with Gasteiger partial charge in [-0.25, -0.2) is 4.98 Å². The van der Waals surface area contributed by atoms with E-state index in [0.717, 1.165) is 18.9 Å². The van der Waals surface area contributed by atoms with E-state index in [-0.39, 0.29) is 18.0 Å². The van der Waals surface area contributed by atoms with Crippen molar-refractivity contribution in [2.45, 2.75) is 26.2 Å². The number of benzene rings is 1. The highest BCUT2D eigenvalue weighted by Crippen LogP contribution is 2.21. The number of aromatic nitrogens is 2. The van der Waals surface area contributed by atoms with Crippen molar-refractivity contribution in [3.63, 3.8) is 0 Å². The molecule has 9 heteroatoms. The first-order valence-electron chi connectivity index (χ1n) is 9.25. The number of rotatable bonds is 8. The fraction of sp³-hybridized carbons (Fsp3) is 0.421. The number of nitro benzene ring substituents is 1. The number of aryl methyl sites for hydroxylation is 1. The highest BCUT2D eigenvalue weighted by molar-refractivity contribution is 5.78. The van der Waals surface area contributed by atoms with Gasteiger partial charge in [0.2, 0.25) is 11.8 Å². The Bertz CT molecular complexity index is 835. The summed E-state index contributed by atoms with van der Waals surface area (Å²) in [5.74, 6) is 1.86. The van der Waals surface area contributed by atoms with Gasteiger partial charge in [0.1, 0.15) is 18.2 Å². The topological polar surface area (TPSA) is 110 Å². The van der Waals surface area contributed by atoms with Crippen molar-refractivity contribution < 1.29 is 14.5 Å². The summed E-state index contributed by atoms with van der Waals surface area (Å²) in [4.78, 5) is 33.1. The second kappa shape index (κ2) is 9.12. The van der Waals surface area contributed by atoms with Crippen LogP contribution in [0.4, 0.5) is 11.5 Å².